The second kappa shape index (κ2) is 8.84. The summed E-state index contributed by atoms with van der Waals surface area (Å²) in [6.45, 7) is 3.01. The van der Waals surface area contributed by atoms with E-state index in [9.17, 15) is 0 Å². The summed E-state index contributed by atoms with van der Waals surface area (Å²) in [4.78, 5) is 16.4. The van der Waals surface area contributed by atoms with E-state index in [4.69, 9.17) is 0 Å². The molecule has 3 heterocycles. The van der Waals surface area contributed by atoms with Gasteiger partial charge >= 0.3 is 0 Å². The molecule has 0 amide bonds. The summed E-state index contributed by atoms with van der Waals surface area (Å²) in [7, 11) is 0. The Hall–Kier alpha value is -2.09. The monoisotopic (exact) mass is 381 g/mol. The van der Waals surface area contributed by atoms with Crippen molar-refractivity contribution in [2.75, 3.05) is 30.3 Å². The van der Waals surface area contributed by atoms with E-state index in [1.165, 1.54) is 6.42 Å². The van der Waals surface area contributed by atoms with Gasteiger partial charge in [-0.1, -0.05) is 18.2 Å². The molecule has 0 bridgehead atoms. The number of hydrogen-bond donors (Lipinski definition) is 4. The summed E-state index contributed by atoms with van der Waals surface area (Å²) in [5.74, 6) is 1.96. The van der Waals surface area contributed by atoms with Crippen molar-refractivity contribution in [3.63, 3.8) is 0 Å². The summed E-state index contributed by atoms with van der Waals surface area (Å²) in [6.07, 6.45) is 2.83. The van der Waals surface area contributed by atoms with Gasteiger partial charge in [-0.3, -0.25) is 0 Å². The molecule has 1 atom stereocenters. The number of imidazole rings is 1. The molecule has 0 spiro atoms. The number of hydrogen-bond acceptors (Lipinski definition) is 6. The lowest BCUT2D eigenvalue weighted by molar-refractivity contribution is 0.613. The van der Waals surface area contributed by atoms with Crippen molar-refractivity contribution in [1.82, 2.24) is 25.3 Å². The lowest BCUT2D eigenvalue weighted by Gasteiger charge is -2.12. The molecular formula is C16H21Cl2N7. The van der Waals surface area contributed by atoms with E-state index in [0.29, 0.717) is 17.5 Å². The van der Waals surface area contributed by atoms with E-state index < -0.39 is 0 Å². The van der Waals surface area contributed by atoms with Crippen LogP contribution in [0.1, 0.15) is 6.42 Å². The second-order valence-electron chi connectivity index (χ2n) is 5.73. The third-order valence-electron chi connectivity index (χ3n) is 4.03. The molecular weight excluding hydrogens is 361 g/mol. The van der Waals surface area contributed by atoms with Crippen LogP contribution in [0.5, 0.6) is 0 Å². The van der Waals surface area contributed by atoms with Crippen LogP contribution in [0.4, 0.5) is 17.5 Å². The van der Waals surface area contributed by atoms with Gasteiger partial charge in [0.1, 0.15) is 5.52 Å². The van der Waals surface area contributed by atoms with Gasteiger partial charge in [-0.2, -0.15) is 9.97 Å². The van der Waals surface area contributed by atoms with Crippen molar-refractivity contribution in [3.05, 3.63) is 36.7 Å². The zero-order chi connectivity index (χ0) is 15.5. The normalized spacial score (nSPS) is 16.1. The smallest absolute Gasteiger partial charge is 0.226 e. The van der Waals surface area contributed by atoms with Gasteiger partial charge in [0.15, 0.2) is 11.5 Å². The third-order valence-corrected chi connectivity index (χ3v) is 4.03. The fourth-order valence-electron chi connectivity index (χ4n) is 2.79. The largest absolute Gasteiger partial charge is 0.354 e. The lowest BCUT2D eigenvalue weighted by atomic mass is 10.1. The van der Waals surface area contributed by atoms with Crippen LogP contribution < -0.4 is 16.0 Å². The molecule has 3 aromatic rings. The highest BCUT2D eigenvalue weighted by atomic mass is 35.5. The molecule has 1 aliphatic rings. The number of nitrogens with zero attached hydrogens (tertiary/aromatic N) is 3. The Labute approximate surface area is 158 Å². The Balaban J connectivity index is 0.00000113. The molecule has 1 fully saturated rings. The van der Waals surface area contributed by atoms with Crippen molar-refractivity contribution in [1.29, 1.82) is 0 Å². The molecule has 0 radical (unpaired) electrons. The van der Waals surface area contributed by atoms with Gasteiger partial charge in [-0.15, -0.1) is 24.8 Å². The predicted molar refractivity (Wildman–Crippen MR) is 105 cm³/mol. The third kappa shape index (κ3) is 4.50. The first-order valence-corrected chi connectivity index (χ1v) is 7.86. The number of anilines is 3. The fourth-order valence-corrected chi connectivity index (χ4v) is 2.79. The molecule has 25 heavy (non-hydrogen) atoms. The highest BCUT2D eigenvalue weighted by Gasteiger charge is 2.15. The van der Waals surface area contributed by atoms with Crippen LogP contribution in [0, 0.1) is 5.92 Å². The van der Waals surface area contributed by atoms with Gasteiger partial charge in [0, 0.05) is 12.2 Å². The minimum Gasteiger partial charge on any atom is -0.354 e. The number of benzene rings is 1. The SMILES string of the molecule is Cl.Cl.c1ccc(Nc2nc(NCC3CCNC3)nc3nc[nH]c23)cc1. The molecule has 1 aromatic carbocycles. The van der Waals surface area contributed by atoms with Crippen molar-refractivity contribution < 1.29 is 0 Å². The quantitative estimate of drug-likeness (QED) is 0.543. The van der Waals surface area contributed by atoms with Gasteiger partial charge < -0.3 is 20.9 Å². The Morgan fingerprint density at radius 2 is 1.96 bits per heavy atom. The number of aromatic nitrogens is 4. The average Bonchev–Trinajstić information content (AvgIpc) is 3.25. The van der Waals surface area contributed by atoms with Crippen LogP contribution in [-0.2, 0) is 0 Å². The summed E-state index contributed by atoms with van der Waals surface area (Å²) in [6, 6.07) is 9.96. The molecule has 134 valence electrons. The van der Waals surface area contributed by atoms with Crippen molar-refractivity contribution in [3.8, 4) is 0 Å². The highest BCUT2D eigenvalue weighted by molar-refractivity contribution is 5.86. The summed E-state index contributed by atoms with van der Waals surface area (Å²) in [5, 5.41) is 10.0. The first-order chi connectivity index (χ1) is 11.4. The molecule has 0 aliphatic carbocycles. The average molecular weight is 382 g/mol. The minimum absolute atomic E-state index is 0. The van der Waals surface area contributed by atoms with Gasteiger partial charge in [-0.25, -0.2) is 4.98 Å². The van der Waals surface area contributed by atoms with Gasteiger partial charge in [-0.05, 0) is 37.6 Å². The molecule has 1 saturated heterocycles. The van der Waals surface area contributed by atoms with E-state index in [-0.39, 0.29) is 24.8 Å². The predicted octanol–water partition coefficient (Wildman–Crippen LogP) is 2.96. The molecule has 1 aliphatic heterocycles. The Kier molecular flexibility index (Phi) is 6.81. The Morgan fingerprint density at radius 3 is 2.72 bits per heavy atom. The number of halogens is 2. The van der Waals surface area contributed by atoms with Crippen molar-refractivity contribution in [2.24, 2.45) is 5.92 Å². The van der Waals surface area contributed by atoms with E-state index in [0.717, 1.165) is 36.7 Å². The number of fused-ring (bicyclic) bond motifs is 1. The zero-order valence-corrected chi connectivity index (χ0v) is 15.2. The van der Waals surface area contributed by atoms with Crippen LogP contribution in [-0.4, -0.2) is 39.6 Å². The molecule has 0 saturated carbocycles. The van der Waals surface area contributed by atoms with E-state index in [2.05, 4.69) is 35.9 Å². The van der Waals surface area contributed by atoms with Gasteiger partial charge in [0.25, 0.3) is 0 Å². The lowest BCUT2D eigenvalue weighted by Crippen LogP contribution is -2.18. The number of nitrogens with one attached hydrogen (secondary N) is 4. The Bertz CT molecular complexity index is 788. The van der Waals surface area contributed by atoms with Gasteiger partial charge in [0.05, 0.1) is 6.33 Å². The van der Waals surface area contributed by atoms with E-state index >= 15 is 0 Å². The van der Waals surface area contributed by atoms with Gasteiger partial charge in [0.2, 0.25) is 5.95 Å². The topological polar surface area (TPSA) is 90.6 Å². The molecule has 4 N–H and O–H groups in total. The number of aromatic amines is 1. The number of para-hydroxylation sites is 1. The number of H-pyrrole nitrogens is 1. The van der Waals surface area contributed by atoms with Crippen LogP contribution in [0.15, 0.2) is 36.7 Å². The standard InChI is InChI=1S/C16H19N7.2ClH/c1-2-4-12(5-3-1)21-15-13-14(20-10-19-13)22-16(23-15)18-9-11-6-7-17-8-11;;/h1-5,10-11,17H,6-9H2,(H3,18,19,20,21,22,23);2*1H. The van der Waals surface area contributed by atoms with E-state index in [1.54, 1.807) is 6.33 Å². The number of rotatable bonds is 5. The first-order valence-electron chi connectivity index (χ1n) is 7.86. The molecule has 1 unspecified atom stereocenters. The Morgan fingerprint density at radius 1 is 1.12 bits per heavy atom. The molecule has 2 aromatic heterocycles. The van der Waals surface area contributed by atoms with Crippen LogP contribution in [0.25, 0.3) is 11.2 Å². The van der Waals surface area contributed by atoms with Crippen LogP contribution in [0.3, 0.4) is 0 Å². The van der Waals surface area contributed by atoms with Crippen LogP contribution in [0.2, 0.25) is 0 Å². The second-order valence-corrected chi connectivity index (χ2v) is 5.73. The maximum atomic E-state index is 4.60. The van der Waals surface area contributed by atoms with Crippen molar-refractivity contribution in [2.45, 2.75) is 6.42 Å². The molecule has 7 nitrogen and oxygen atoms in total. The first kappa shape index (κ1) is 19.2. The molecule has 4 rings (SSSR count). The maximum absolute atomic E-state index is 4.60. The maximum Gasteiger partial charge on any atom is 0.226 e. The molecule has 9 heteroatoms. The fraction of sp³-hybridized carbons (Fsp3) is 0.312. The zero-order valence-electron chi connectivity index (χ0n) is 13.5. The minimum atomic E-state index is 0. The van der Waals surface area contributed by atoms with Crippen LogP contribution >= 0.6 is 24.8 Å². The highest BCUT2D eigenvalue weighted by Crippen LogP contribution is 2.22. The van der Waals surface area contributed by atoms with E-state index in [1.807, 2.05) is 30.3 Å². The summed E-state index contributed by atoms with van der Waals surface area (Å²) < 4.78 is 0. The van der Waals surface area contributed by atoms with Crippen molar-refractivity contribution >= 4 is 53.4 Å². The summed E-state index contributed by atoms with van der Waals surface area (Å²) >= 11 is 0. The summed E-state index contributed by atoms with van der Waals surface area (Å²) in [5.41, 5.74) is 2.44.